The maximum Gasteiger partial charge on any atom is 0.292 e. The zero-order chi connectivity index (χ0) is 15.5. The van der Waals surface area contributed by atoms with E-state index in [1.54, 1.807) is 18.2 Å². The van der Waals surface area contributed by atoms with E-state index in [0.717, 1.165) is 25.7 Å². The number of nitrogens with one attached hydrogen (secondary N) is 1. The molecule has 0 heterocycles. The second-order valence-corrected chi connectivity index (χ2v) is 5.90. The lowest BCUT2D eigenvalue weighted by Crippen LogP contribution is -2.44. The van der Waals surface area contributed by atoms with Gasteiger partial charge >= 0.3 is 0 Å². The number of nitro benzene ring substituents is 1. The van der Waals surface area contributed by atoms with Crippen molar-refractivity contribution >= 4 is 17.3 Å². The van der Waals surface area contributed by atoms with Crippen LogP contribution in [-0.2, 0) is 4.79 Å². The summed E-state index contributed by atoms with van der Waals surface area (Å²) in [6, 6.07) is 6.18. The van der Waals surface area contributed by atoms with Crippen LogP contribution < -0.4 is 11.1 Å². The quantitative estimate of drug-likeness (QED) is 0.658. The molecule has 1 fully saturated rings. The predicted octanol–water partition coefficient (Wildman–Crippen LogP) is 2.69. The standard InChI is InChI=1S/C15H21N3O3/c1-11-6-8-15(10-16,9-7-11)14(19)17-12-4-2-3-5-13(12)18(20)21/h2-5,11H,6-10,16H2,1H3,(H,17,19). The molecule has 0 aliphatic heterocycles. The molecule has 3 N–H and O–H groups in total. The molecule has 1 aliphatic carbocycles. The summed E-state index contributed by atoms with van der Waals surface area (Å²) in [5, 5.41) is 13.7. The molecule has 0 saturated heterocycles. The van der Waals surface area contributed by atoms with Crippen LogP contribution in [0.25, 0.3) is 0 Å². The second kappa shape index (κ2) is 6.22. The average molecular weight is 291 g/mol. The number of nitro groups is 1. The molecular weight excluding hydrogens is 270 g/mol. The van der Waals surface area contributed by atoms with E-state index in [-0.39, 0.29) is 23.8 Å². The lowest BCUT2D eigenvalue weighted by molar-refractivity contribution is -0.383. The molecule has 0 atom stereocenters. The summed E-state index contributed by atoms with van der Waals surface area (Å²) in [5.74, 6) is 0.398. The highest BCUT2D eigenvalue weighted by Gasteiger charge is 2.40. The van der Waals surface area contributed by atoms with Crippen molar-refractivity contribution in [1.82, 2.24) is 0 Å². The molecule has 0 aromatic heterocycles. The van der Waals surface area contributed by atoms with Gasteiger partial charge in [-0.05, 0) is 37.7 Å². The molecule has 0 radical (unpaired) electrons. The highest BCUT2D eigenvalue weighted by atomic mass is 16.6. The third-order valence-corrected chi connectivity index (χ3v) is 4.45. The Morgan fingerprint density at radius 1 is 1.43 bits per heavy atom. The highest BCUT2D eigenvalue weighted by Crippen LogP contribution is 2.39. The zero-order valence-electron chi connectivity index (χ0n) is 12.2. The summed E-state index contributed by atoms with van der Waals surface area (Å²) < 4.78 is 0. The molecule has 1 aromatic carbocycles. The number of anilines is 1. The molecule has 6 nitrogen and oxygen atoms in total. The third-order valence-electron chi connectivity index (χ3n) is 4.45. The van der Waals surface area contributed by atoms with E-state index >= 15 is 0 Å². The van der Waals surface area contributed by atoms with Gasteiger partial charge in [-0.3, -0.25) is 14.9 Å². The van der Waals surface area contributed by atoms with Crippen molar-refractivity contribution in [1.29, 1.82) is 0 Å². The number of benzene rings is 1. The Hall–Kier alpha value is -1.95. The Morgan fingerprint density at radius 2 is 2.05 bits per heavy atom. The van der Waals surface area contributed by atoms with Gasteiger partial charge in [0, 0.05) is 12.6 Å². The minimum atomic E-state index is -0.601. The molecule has 0 bridgehead atoms. The first-order valence-electron chi connectivity index (χ1n) is 7.23. The number of nitrogens with two attached hydrogens (primary N) is 1. The van der Waals surface area contributed by atoms with E-state index in [2.05, 4.69) is 12.2 Å². The van der Waals surface area contributed by atoms with Crippen LogP contribution >= 0.6 is 0 Å². The first kappa shape index (κ1) is 15.4. The zero-order valence-corrected chi connectivity index (χ0v) is 12.2. The van der Waals surface area contributed by atoms with Gasteiger partial charge in [0.25, 0.3) is 5.69 Å². The van der Waals surface area contributed by atoms with Crippen molar-refractivity contribution in [2.75, 3.05) is 11.9 Å². The molecule has 6 heteroatoms. The van der Waals surface area contributed by atoms with Crippen LogP contribution in [0.15, 0.2) is 24.3 Å². The van der Waals surface area contributed by atoms with Crippen molar-refractivity contribution in [3.05, 3.63) is 34.4 Å². The Morgan fingerprint density at radius 3 is 2.62 bits per heavy atom. The normalized spacial score (nSPS) is 25.3. The molecule has 1 amide bonds. The van der Waals surface area contributed by atoms with Gasteiger partial charge in [-0.25, -0.2) is 0 Å². The number of hydrogen-bond acceptors (Lipinski definition) is 4. The van der Waals surface area contributed by atoms with Crippen molar-refractivity contribution in [2.24, 2.45) is 17.1 Å². The van der Waals surface area contributed by atoms with Crippen LogP contribution in [-0.4, -0.2) is 17.4 Å². The second-order valence-electron chi connectivity index (χ2n) is 5.90. The Balaban J connectivity index is 2.19. The number of carbonyl (C=O) groups is 1. The number of rotatable bonds is 4. The van der Waals surface area contributed by atoms with Crippen molar-refractivity contribution in [3.63, 3.8) is 0 Å². The monoisotopic (exact) mass is 291 g/mol. The van der Waals surface area contributed by atoms with E-state index in [1.165, 1.54) is 6.07 Å². The van der Waals surface area contributed by atoms with Crippen molar-refractivity contribution in [3.8, 4) is 0 Å². The van der Waals surface area contributed by atoms with E-state index in [1.807, 2.05) is 0 Å². The number of carbonyl (C=O) groups excluding carboxylic acids is 1. The van der Waals surface area contributed by atoms with Gasteiger partial charge < -0.3 is 11.1 Å². The summed E-state index contributed by atoms with van der Waals surface area (Å²) >= 11 is 0. The van der Waals surface area contributed by atoms with Gasteiger partial charge in [-0.2, -0.15) is 0 Å². The van der Waals surface area contributed by atoms with Gasteiger partial charge in [0.15, 0.2) is 0 Å². The molecular formula is C15H21N3O3. The fourth-order valence-electron chi connectivity index (χ4n) is 2.83. The molecule has 0 spiro atoms. The van der Waals surface area contributed by atoms with Crippen LogP contribution in [0.4, 0.5) is 11.4 Å². The average Bonchev–Trinajstić information content (AvgIpc) is 2.48. The minimum Gasteiger partial charge on any atom is -0.329 e. The minimum absolute atomic E-state index is 0.0952. The largest absolute Gasteiger partial charge is 0.329 e. The molecule has 0 unspecified atom stereocenters. The van der Waals surface area contributed by atoms with Crippen LogP contribution in [0.2, 0.25) is 0 Å². The van der Waals surface area contributed by atoms with Gasteiger partial charge in [0.05, 0.1) is 10.3 Å². The fourth-order valence-corrected chi connectivity index (χ4v) is 2.83. The van der Waals surface area contributed by atoms with E-state index < -0.39 is 10.3 Å². The summed E-state index contributed by atoms with van der Waals surface area (Å²) in [5.41, 5.74) is 5.38. The summed E-state index contributed by atoms with van der Waals surface area (Å²) in [4.78, 5) is 23.1. The van der Waals surface area contributed by atoms with Crippen LogP contribution in [0, 0.1) is 21.4 Å². The molecule has 1 saturated carbocycles. The SMILES string of the molecule is CC1CCC(CN)(C(=O)Nc2ccccc2[N+](=O)[O-])CC1. The summed E-state index contributed by atoms with van der Waals surface area (Å²) in [7, 11) is 0. The maximum atomic E-state index is 12.6. The molecule has 1 aliphatic rings. The first-order chi connectivity index (χ1) is 9.98. The number of para-hydroxylation sites is 2. The Bertz CT molecular complexity index is 537. The van der Waals surface area contributed by atoms with Crippen molar-refractivity contribution < 1.29 is 9.72 Å². The Kier molecular flexibility index (Phi) is 4.57. The first-order valence-corrected chi connectivity index (χ1v) is 7.23. The fraction of sp³-hybridized carbons (Fsp3) is 0.533. The lowest BCUT2D eigenvalue weighted by Gasteiger charge is -2.37. The molecule has 114 valence electrons. The predicted molar refractivity (Wildman–Crippen MR) is 80.8 cm³/mol. The van der Waals surface area contributed by atoms with E-state index in [4.69, 9.17) is 5.73 Å². The summed E-state index contributed by atoms with van der Waals surface area (Å²) in [6.07, 6.45) is 3.39. The maximum absolute atomic E-state index is 12.6. The topological polar surface area (TPSA) is 98.3 Å². The number of amides is 1. The van der Waals surface area contributed by atoms with E-state index in [0.29, 0.717) is 5.92 Å². The van der Waals surface area contributed by atoms with Gasteiger partial charge in [-0.15, -0.1) is 0 Å². The van der Waals surface area contributed by atoms with Crippen LogP contribution in [0.3, 0.4) is 0 Å². The van der Waals surface area contributed by atoms with Crippen LogP contribution in [0.5, 0.6) is 0 Å². The number of nitrogens with zero attached hydrogens (tertiary/aromatic N) is 1. The summed E-state index contributed by atoms with van der Waals surface area (Å²) in [6.45, 7) is 2.44. The lowest BCUT2D eigenvalue weighted by atomic mass is 9.70. The Labute approximate surface area is 123 Å². The highest BCUT2D eigenvalue weighted by molar-refractivity contribution is 5.97. The van der Waals surface area contributed by atoms with Crippen molar-refractivity contribution in [2.45, 2.75) is 32.6 Å². The van der Waals surface area contributed by atoms with E-state index in [9.17, 15) is 14.9 Å². The molecule has 2 rings (SSSR count). The molecule has 21 heavy (non-hydrogen) atoms. The van der Waals surface area contributed by atoms with Gasteiger partial charge in [0.1, 0.15) is 5.69 Å². The third kappa shape index (κ3) is 3.21. The van der Waals surface area contributed by atoms with Gasteiger partial charge in [-0.1, -0.05) is 19.1 Å². The van der Waals surface area contributed by atoms with Crippen LogP contribution in [0.1, 0.15) is 32.6 Å². The van der Waals surface area contributed by atoms with Gasteiger partial charge in [0.2, 0.25) is 5.91 Å². The molecule has 1 aromatic rings. The number of hydrogen-bond donors (Lipinski definition) is 2. The smallest absolute Gasteiger partial charge is 0.292 e.